The molecule has 1 aliphatic heterocycles. The Balaban J connectivity index is 2.29. The first-order valence-electron chi connectivity index (χ1n) is 7.07. The zero-order valence-electron chi connectivity index (χ0n) is 12.9. The number of rotatable bonds is 5. The molecule has 0 saturated carbocycles. The number of hydrogen-bond donors (Lipinski definition) is 2. The Bertz CT molecular complexity index is 421. The molecule has 1 rings (SSSR count). The van der Waals surface area contributed by atoms with Crippen molar-refractivity contribution in [3.63, 3.8) is 0 Å². The Morgan fingerprint density at radius 2 is 1.80 bits per heavy atom. The van der Waals surface area contributed by atoms with E-state index in [1.54, 1.807) is 0 Å². The van der Waals surface area contributed by atoms with Crippen LogP contribution in [0.2, 0.25) is 0 Å². The molecule has 0 aliphatic carbocycles. The summed E-state index contributed by atoms with van der Waals surface area (Å²) in [5.41, 5.74) is 0.0205. The first kappa shape index (κ1) is 17.4. The number of nitrogens with one attached hydrogen (secondary N) is 2. The topological polar surface area (TPSA) is 78.5 Å². The molecule has 2 N–H and O–H groups in total. The SMILES string of the molecule is CC(C)(C)NCCC(=O)N1CCC(NS(C)(=O)=O)CC1. The predicted molar refractivity (Wildman–Crippen MR) is 80.0 cm³/mol. The summed E-state index contributed by atoms with van der Waals surface area (Å²) in [6.45, 7) is 8.13. The van der Waals surface area contributed by atoms with E-state index in [4.69, 9.17) is 0 Å². The lowest BCUT2D eigenvalue weighted by molar-refractivity contribution is -0.132. The summed E-state index contributed by atoms with van der Waals surface area (Å²) in [6.07, 6.45) is 3.03. The minimum atomic E-state index is -3.16. The second-order valence-corrected chi connectivity index (χ2v) is 8.25. The lowest BCUT2D eigenvalue weighted by atomic mass is 10.1. The molecule has 0 aromatic heterocycles. The van der Waals surface area contributed by atoms with Gasteiger partial charge in [0.25, 0.3) is 0 Å². The number of piperidine rings is 1. The van der Waals surface area contributed by atoms with Gasteiger partial charge in [-0.25, -0.2) is 13.1 Å². The third kappa shape index (κ3) is 7.21. The van der Waals surface area contributed by atoms with E-state index in [2.05, 4.69) is 30.8 Å². The van der Waals surface area contributed by atoms with Crippen LogP contribution in [0.25, 0.3) is 0 Å². The maximum atomic E-state index is 12.0. The molecule has 0 bridgehead atoms. The van der Waals surface area contributed by atoms with Gasteiger partial charge in [0.15, 0.2) is 0 Å². The molecule has 1 fully saturated rings. The van der Waals surface area contributed by atoms with Crippen LogP contribution in [-0.4, -0.2) is 56.7 Å². The van der Waals surface area contributed by atoms with Crippen LogP contribution in [0, 0.1) is 0 Å². The second-order valence-electron chi connectivity index (χ2n) is 6.47. The van der Waals surface area contributed by atoms with Crippen LogP contribution < -0.4 is 10.0 Å². The van der Waals surface area contributed by atoms with Crippen molar-refractivity contribution >= 4 is 15.9 Å². The Hall–Kier alpha value is -0.660. The quantitative estimate of drug-likeness (QED) is 0.766. The lowest BCUT2D eigenvalue weighted by Gasteiger charge is -2.32. The molecule has 0 atom stereocenters. The fourth-order valence-corrected chi connectivity index (χ4v) is 3.09. The van der Waals surface area contributed by atoms with Crippen LogP contribution in [0.3, 0.4) is 0 Å². The molecule has 20 heavy (non-hydrogen) atoms. The Labute approximate surface area is 122 Å². The van der Waals surface area contributed by atoms with Crippen LogP contribution in [0.1, 0.15) is 40.0 Å². The molecular formula is C13H27N3O3S. The molecule has 7 heteroatoms. The predicted octanol–water partition coefficient (Wildman–Crippen LogP) is 0.305. The van der Waals surface area contributed by atoms with Gasteiger partial charge in [0.2, 0.25) is 15.9 Å². The summed E-state index contributed by atoms with van der Waals surface area (Å²) < 4.78 is 24.9. The van der Waals surface area contributed by atoms with Crippen molar-refractivity contribution in [1.29, 1.82) is 0 Å². The first-order valence-corrected chi connectivity index (χ1v) is 8.96. The highest BCUT2D eigenvalue weighted by molar-refractivity contribution is 7.88. The van der Waals surface area contributed by atoms with E-state index in [-0.39, 0.29) is 17.5 Å². The van der Waals surface area contributed by atoms with Crippen molar-refractivity contribution in [2.75, 3.05) is 25.9 Å². The molecule has 1 saturated heterocycles. The summed E-state index contributed by atoms with van der Waals surface area (Å²) >= 11 is 0. The van der Waals surface area contributed by atoms with Crippen molar-refractivity contribution in [1.82, 2.24) is 14.9 Å². The number of carbonyl (C=O) groups is 1. The van der Waals surface area contributed by atoms with Crippen LogP contribution in [-0.2, 0) is 14.8 Å². The number of sulfonamides is 1. The normalized spacial score (nSPS) is 18.3. The fourth-order valence-electron chi connectivity index (χ4n) is 2.25. The molecule has 0 aromatic carbocycles. The number of hydrogen-bond acceptors (Lipinski definition) is 4. The highest BCUT2D eigenvalue weighted by Crippen LogP contribution is 2.12. The van der Waals surface area contributed by atoms with Crippen molar-refractivity contribution in [2.24, 2.45) is 0 Å². The summed E-state index contributed by atoms with van der Waals surface area (Å²) in [5, 5.41) is 3.29. The Morgan fingerprint density at radius 1 is 1.25 bits per heavy atom. The van der Waals surface area contributed by atoms with E-state index in [0.29, 0.717) is 38.9 Å². The molecule has 118 valence electrons. The van der Waals surface area contributed by atoms with Gasteiger partial charge in [-0.05, 0) is 33.6 Å². The second kappa shape index (κ2) is 6.87. The highest BCUT2D eigenvalue weighted by Gasteiger charge is 2.24. The summed E-state index contributed by atoms with van der Waals surface area (Å²) in [4.78, 5) is 13.8. The summed E-state index contributed by atoms with van der Waals surface area (Å²) in [5.74, 6) is 0.138. The van der Waals surface area contributed by atoms with Crippen molar-refractivity contribution in [2.45, 2.75) is 51.6 Å². The largest absolute Gasteiger partial charge is 0.343 e. The minimum absolute atomic E-state index is 0.0205. The monoisotopic (exact) mass is 305 g/mol. The molecule has 0 radical (unpaired) electrons. The van der Waals surface area contributed by atoms with E-state index in [1.807, 2.05) is 4.90 Å². The van der Waals surface area contributed by atoms with Gasteiger partial charge in [0, 0.05) is 37.6 Å². The zero-order valence-corrected chi connectivity index (χ0v) is 13.7. The van der Waals surface area contributed by atoms with E-state index in [1.165, 1.54) is 6.26 Å². The Kier molecular flexibility index (Phi) is 5.97. The minimum Gasteiger partial charge on any atom is -0.343 e. The molecule has 1 aliphatic rings. The van der Waals surface area contributed by atoms with Crippen LogP contribution in [0.15, 0.2) is 0 Å². The number of carbonyl (C=O) groups excluding carboxylic acids is 1. The van der Waals surface area contributed by atoms with Gasteiger partial charge in [-0.1, -0.05) is 0 Å². The van der Waals surface area contributed by atoms with Gasteiger partial charge in [0.05, 0.1) is 6.26 Å². The maximum absolute atomic E-state index is 12.0. The van der Waals surface area contributed by atoms with Crippen LogP contribution >= 0.6 is 0 Å². The standard InChI is InChI=1S/C13H27N3O3S/c1-13(2,3)14-8-5-12(17)16-9-6-11(7-10-16)15-20(4,18)19/h11,14-15H,5-10H2,1-4H3. The molecule has 6 nitrogen and oxygen atoms in total. The number of likely N-dealkylation sites (tertiary alicyclic amines) is 1. The summed E-state index contributed by atoms with van der Waals surface area (Å²) in [7, 11) is -3.16. The molecular weight excluding hydrogens is 278 g/mol. The Morgan fingerprint density at radius 3 is 2.25 bits per heavy atom. The fraction of sp³-hybridized carbons (Fsp3) is 0.923. The average molecular weight is 305 g/mol. The molecule has 0 spiro atoms. The third-order valence-corrected chi connectivity index (χ3v) is 3.98. The zero-order chi connectivity index (χ0) is 15.4. The summed E-state index contributed by atoms with van der Waals surface area (Å²) in [6, 6.07) is -0.0400. The maximum Gasteiger partial charge on any atom is 0.223 e. The van der Waals surface area contributed by atoms with Gasteiger partial charge < -0.3 is 10.2 Å². The molecule has 1 heterocycles. The smallest absolute Gasteiger partial charge is 0.223 e. The van der Waals surface area contributed by atoms with Gasteiger partial charge in [-0.3, -0.25) is 4.79 Å². The third-order valence-electron chi connectivity index (χ3n) is 3.22. The van der Waals surface area contributed by atoms with E-state index < -0.39 is 10.0 Å². The van der Waals surface area contributed by atoms with Crippen molar-refractivity contribution < 1.29 is 13.2 Å². The van der Waals surface area contributed by atoms with Gasteiger partial charge >= 0.3 is 0 Å². The number of amides is 1. The van der Waals surface area contributed by atoms with E-state index >= 15 is 0 Å². The molecule has 0 aromatic rings. The first-order chi connectivity index (χ1) is 9.07. The average Bonchev–Trinajstić information content (AvgIpc) is 2.25. The van der Waals surface area contributed by atoms with Crippen LogP contribution in [0.4, 0.5) is 0 Å². The number of nitrogens with zero attached hydrogens (tertiary/aromatic N) is 1. The lowest BCUT2D eigenvalue weighted by Crippen LogP contribution is -2.47. The molecule has 0 unspecified atom stereocenters. The van der Waals surface area contributed by atoms with Crippen molar-refractivity contribution in [3.05, 3.63) is 0 Å². The van der Waals surface area contributed by atoms with Gasteiger partial charge in [-0.15, -0.1) is 0 Å². The van der Waals surface area contributed by atoms with Gasteiger partial charge in [-0.2, -0.15) is 0 Å². The van der Waals surface area contributed by atoms with Crippen LogP contribution in [0.5, 0.6) is 0 Å². The highest BCUT2D eigenvalue weighted by atomic mass is 32.2. The van der Waals surface area contributed by atoms with Gasteiger partial charge in [0.1, 0.15) is 0 Å². The molecule has 1 amide bonds. The van der Waals surface area contributed by atoms with E-state index in [9.17, 15) is 13.2 Å². The van der Waals surface area contributed by atoms with Crippen molar-refractivity contribution in [3.8, 4) is 0 Å². The van der Waals surface area contributed by atoms with E-state index in [0.717, 1.165) is 0 Å².